The van der Waals surface area contributed by atoms with E-state index in [0.717, 1.165) is 18.5 Å². The third-order valence-corrected chi connectivity index (χ3v) is 3.87. The molecule has 0 bridgehead atoms. The topological polar surface area (TPSA) is 79.4 Å². The van der Waals surface area contributed by atoms with Crippen LogP contribution in [0.2, 0.25) is 0 Å². The maximum atomic E-state index is 12.2. The van der Waals surface area contributed by atoms with Gasteiger partial charge in [0, 0.05) is 17.7 Å². The zero-order valence-electron chi connectivity index (χ0n) is 12.2. The molecule has 0 aliphatic heterocycles. The summed E-state index contributed by atoms with van der Waals surface area (Å²) < 4.78 is 5.32. The van der Waals surface area contributed by atoms with Crippen LogP contribution in [0.5, 0.6) is 0 Å². The van der Waals surface area contributed by atoms with Gasteiger partial charge in [-0.05, 0) is 45.6 Å². The van der Waals surface area contributed by atoms with E-state index in [1.807, 2.05) is 0 Å². The molecule has 0 saturated heterocycles. The number of rotatable bonds is 3. The molecule has 1 heterocycles. The van der Waals surface area contributed by atoms with Crippen LogP contribution in [0.3, 0.4) is 0 Å². The second-order valence-electron chi connectivity index (χ2n) is 5.45. The highest BCUT2D eigenvalue weighted by molar-refractivity contribution is 5.93. The smallest absolute Gasteiger partial charge is 0.355 e. The molecule has 2 atom stereocenters. The number of hydrogen-bond acceptors (Lipinski definition) is 4. The van der Waals surface area contributed by atoms with Gasteiger partial charge in [0.2, 0.25) is 0 Å². The van der Waals surface area contributed by atoms with Crippen molar-refractivity contribution in [2.45, 2.75) is 58.7 Å². The lowest BCUT2D eigenvalue weighted by Crippen LogP contribution is -2.30. The third kappa shape index (κ3) is 2.77. The normalized spacial score (nSPS) is 20.8. The van der Waals surface area contributed by atoms with Gasteiger partial charge in [0.1, 0.15) is 5.69 Å². The number of aliphatic hydroxyl groups is 1. The van der Waals surface area contributed by atoms with Crippen molar-refractivity contribution in [3.8, 4) is 0 Å². The summed E-state index contributed by atoms with van der Waals surface area (Å²) in [7, 11) is 0. The highest BCUT2D eigenvalue weighted by Gasteiger charge is 2.28. The fraction of sp³-hybridized carbons (Fsp3) is 0.600. The second kappa shape index (κ2) is 5.79. The van der Waals surface area contributed by atoms with E-state index in [9.17, 15) is 14.7 Å². The van der Waals surface area contributed by atoms with Crippen molar-refractivity contribution < 1.29 is 19.4 Å². The van der Waals surface area contributed by atoms with E-state index in [0.29, 0.717) is 29.7 Å². The average molecular weight is 279 g/mol. The maximum absolute atomic E-state index is 12.2. The van der Waals surface area contributed by atoms with Gasteiger partial charge in [0.05, 0.1) is 6.10 Å². The number of aromatic nitrogens is 1. The molecule has 0 aromatic carbocycles. The molecule has 110 valence electrons. The molecule has 1 aliphatic rings. The first kappa shape index (κ1) is 14.8. The van der Waals surface area contributed by atoms with Crippen LogP contribution >= 0.6 is 0 Å². The summed E-state index contributed by atoms with van der Waals surface area (Å²) in [6.45, 7) is 5.23. The second-order valence-corrected chi connectivity index (χ2v) is 5.45. The van der Waals surface area contributed by atoms with Crippen molar-refractivity contribution in [3.63, 3.8) is 0 Å². The Morgan fingerprint density at radius 3 is 2.65 bits per heavy atom. The minimum atomic E-state index is -0.649. The van der Waals surface area contributed by atoms with Crippen molar-refractivity contribution in [2.24, 2.45) is 0 Å². The highest BCUT2D eigenvalue weighted by atomic mass is 16.5. The highest BCUT2D eigenvalue weighted by Crippen LogP contribution is 2.26. The van der Waals surface area contributed by atoms with Crippen LogP contribution in [-0.2, 0) is 9.53 Å². The average Bonchev–Trinajstić information content (AvgIpc) is 2.67. The van der Waals surface area contributed by atoms with Crippen LogP contribution in [0.1, 0.15) is 66.0 Å². The molecule has 0 amide bonds. The molecule has 0 unspecified atom stereocenters. The number of carbonyl (C=O) groups is 2. The Bertz CT molecular complexity index is 530. The van der Waals surface area contributed by atoms with Crippen molar-refractivity contribution in [1.82, 2.24) is 4.98 Å². The number of ketones is 1. The number of ether oxygens (including phenoxy) is 1. The Kier molecular flexibility index (Phi) is 4.28. The predicted molar refractivity (Wildman–Crippen MR) is 73.6 cm³/mol. The molecular formula is C15H21NO4. The SMILES string of the molecule is Cc1[nH]c(C(=O)O[C@@H]2CCCCC2=O)c(C)c1[C@@H](C)O. The van der Waals surface area contributed by atoms with Crippen LogP contribution in [-0.4, -0.2) is 27.9 Å². The molecule has 2 rings (SSSR count). The molecule has 5 heteroatoms. The molecule has 1 aromatic rings. The van der Waals surface area contributed by atoms with Crippen LogP contribution < -0.4 is 0 Å². The number of carbonyl (C=O) groups excluding carboxylic acids is 2. The first-order valence-corrected chi connectivity index (χ1v) is 7.02. The van der Waals surface area contributed by atoms with Crippen LogP contribution in [0.25, 0.3) is 0 Å². The lowest BCUT2D eigenvalue weighted by molar-refractivity contribution is -0.129. The Hall–Kier alpha value is -1.62. The summed E-state index contributed by atoms with van der Waals surface area (Å²) in [5.41, 5.74) is 2.48. The minimum Gasteiger partial charge on any atom is -0.450 e. The minimum absolute atomic E-state index is 0.00119. The number of nitrogens with one attached hydrogen (secondary N) is 1. The number of aliphatic hydroxyl groups excluding tert-OH is 1. The first-order valence-electron chi connectivity index (χ1n) is 7.02. The number of Topliss-reactive ketones (excluding diaryl/α,β-unsaturated/α-hetero) is 1. The van der Waals surface area contributed by atoms with E-state index in [1.54, 1.807) is 20.8 Å². The molecule has 1 saturated carbocycles. The zero-order chi connectivity index (χ0) is 14.9. The fourth-order valence-electron chi connectivity index (χ4n) is 2.86. The van der Waals surface area contributed by atoms with Crippen LogP contribution in [0, 0.1) is 13.8 Å². The summed E-state index contributed by atoms with van der Waals surface area (Å²) in [5, 5.41) is 9.72. The monoisotopic (exact) mass is 279 g/mol. The van der Waals surface area contributed by atoms with E-state index in [4.69, 9.17) is 4.74 Å². The lowest BCUT2D eigenvalue weighted by Gasteiger charge is -2.20. The molecule has 20 heavy (non-hydrogen) atoms. The fourth-order valence-corrected chi connectivity index (χ4v) is 2.86. The number of esters is 1. The van der Waals surface area contributed by atoms with E-state index in [2.05, 4.69) is 4.98 Å². The molecule has 2 N–H and O–H groups in total. The summed E-state index contributed by atoms with van der Waals surface area (Å²) in [6, 6.07) is 0. The Morgan fingerprint density at radius 2 is 2.10 bits per heavy atom. The Labute approximate surface area is 118 Å². The molecule has 0 radical (unpaired) electrons. The van der Waals surface area contributed by atoms with Crippen molar-refractivity contribution in [3.05, 3.63) is 22.5 Å². The van der Waals surface area contributed by atoms with Gasteiger partial charge in [-0.15, -0.1) is 0 Å². The van der Waals surface area contributed by atoms with Crippen molar-refractivity contribution in [1.29, 1.82) is 0 Å². The molecule has 1 aromatic heterocycles. The molecule has 1 aliphatic carbocycles. The summed E-state index contributed by atoms with van der Waals surface area (Å²) in [5.74, 6) is -0.515. The summed E-state index contributed by atoms with van der Waals surface area (Å²) >= 11 is 0. The quantitative estimate of drug-likeness (QED) is 0.832. The van der Waals surface area contributed by atoms with E-state index in [1.165, 1.54) is 0 Å². The van der Waals surface area contributed by atoms with Gasteiger partial charge < -0.3 is 14.8 Å². The predicted octanol–water partition coefficient (Wildman–Crippen LogP) is 2.35. The van der Waals surface area contributed by atoms with Gasteiger partial charge >= 0.3 is 5.97 Å². The van der Waals surface area contributed by atoms with E-state index < -0.39 is 18.2 Å². The van der Waals surface area contributed by atoms with Gasteiger partial charge in [-0.25, -0.2) is 4.79 Å². The number of hydrogen-bond donors (Lipinski definition) is 2. The lowest BCUT2D eigenvalue weighted by atomic mass is 9.96. The first-order chi connectivity index (χ1) is 9.41. The molecule has 0 spiro atoms. The van der Waals surface area contributed by atoms with Gasteiger partial charge in [-0.3, -0.25) is 4.79 Å². The van der Waals surface area contributed by atoms with E-state index in [-0.39, 0.29) is 5.78 Å². The van der Waals surface area contributed by atoms with Crippen LogP contribution in [0.4, 0.5) is 0 Å². The van der Waals surface area contributed by atoms with Gasteiger partial charge in [-0.1, -0.05) is 0 Å². The standard InChI is InChI=1S/C15H21NO4/c1-8-13(10(3)17)9(2)16-14(8)15(19)20-12-7-5-4-6-11(12)18/h10,12,16-17H,4-7H2,1-3H3/t10-,12-/m1/s1. The van der Waals surface area contributed by atoms with Gasteiger partial charge in [0.25, 0.3) is 0 Å². The number of H-pyrrole nitrogens is 1. The number of aryl methyl sites for hydroxylation is 1. The van der Waals surface area contributed by atoms with Crippen molar-refractivity contribution >= 4 is 11.8 Å². The molecular weight excluding hydrogens is 258 g/mol. The summed E-state index contributed by atoms with van der Waals surface area (Å²) in [4.78, 5) is 26.8. The van der Waals surface area contributed by atoms with Gasteiger partial charge in [-0.2, -0.15) is 0 Å². The maximum Gasteiger partial charge on any atom is 0.355 e. The van der Waals surface area contributed by atoms with Crippen molar-refractivity contribution in [2.75, 3.05) is 0 Å². The number of aromatic amines is 1. The Morgan fingerprint density at radius 1 is 1.40 bits per heavy atom. The summed E-state index contributed by atoms with van der Waals surface area (Å²) in [6.07, 6.45) is 1.61. The third-order valence-electron chi connectivity index (χ3n) is 3.87. The van der Waals surface area contributed by atoms with E-state index >= 15 is 0 Å². The van der Waals surface area contributed by atoms with Gasteiger partial charge in [0.15, 0.2) is 11.9 Å². The largest absolute Gasteiger partial charge is 0.450 e. The Balaban J connectivity index is 2.17. The molecule has 5 nitrogen and oxygen atoms in total. The molecule has 1 fully saturated rings. The zero-order valence-corrected chi connectivity index (χ0v) is 12.2. The van der Waals surface area contributed by atoms with Crippen LogP contribution in [0.15, 0.2) is 0 Å².